The van der Waals surface area contributed by atoms with Crippen LogP contribution in [0.1, 0.15) is 0 Å². The molecular formula is C13H18ClN5. The van der Waals surface area contributed by atoms with Crippen molar-refractivity contribution in [2.75, 3.05) is 19.0 Å². The number of azo groups is 1. The van der Waals surface area contributed by atoms with Crippen molar-refractivity contribution in [2.45, 2.75) is 0 Å². The first-order valence-corrected chi connectivity index (χ1v) is 5.78. The lowest BCUT2D eigenvalue weighted by molar-refractivity contribution is -0.750. The first-order valence-electron chi connectivity index (χ1n) is 5.78. The summed E-state index contributed by atoms with van der Waals surface area (Å²) in [7, 11) is 7.94. The number of anilines is 1. The van der Waals surface area contributed by atoms with E-state index in [2.05, 4.69) is 15.1 Å². The normalized spacial score (nSPS) is 10.5. The molecule has 19 heavy (non-hydrogen) atoms. The molecule has 0 aliphatic carbocycles. The lowest BCUT2D eigenvalue weighted by atomic mass is 10.3. The molecule has 1 heterocycles. The van der Waals surface area contributed by atoms with Crippen molar-refractivity contribution in [3.63, 3.8) is 0 Å². The van der Waals surface area contributed by atoms with Crippen molar-refractivity contribution in [1.29, 1.82) is 0 Å². The quantitative estimate of drug-likeness (QED) is 0.543. The van der Waals surface area contributed by atoms with Crippen LogP contribution in [-0.4, -0.2) is 18.8 Å². The van der Waals surface area contributed by atoms with E-state index in [-0.39, 0.29) is 12.4 Å². The summed E-state index contributed by atoms with van der Waals surface area (Å²) < 4.78 is 3.88. The fraction of sp³-hybridized carbons (Fsp3) is 0.308. The molecule has 0 amide bonds. The van der Waals surface area contributed by atoms with E-state index in [4.69, 9.17) is 0 Å². The topological polar surface area (TPSA) is 36.8 Å². The molecule has 6 heteroatoms. The minimum Gasteiger partial charge on any atom is -1.00 e. The summed E-state index contributed by atoms with van der Waals surface area (Å²) in [4.78, 5) is 2.05. The van der Waals surface area contributed by atoms with Crippen LogP contribution in [0.25, 0.3) is 0 Å². The molecule has 5 nitrogen and oxygen atoms in total. The van der Waals surface area contributed by atoms with Crippen LogP contribution < -0.4 is 22.0 Å². The van der Waals surface area contributed by atoms with Gasteiger partial charge in [0.2, 0.25) is 5.82 Å². The van der Waals surface area contributed by atoms with Gasteiger partial charge in [-0.2, -0.15) is 0 Å². The summed E-state index contributed by atoms with van der Waals surface area (Å²) in [5.74, 6) is 0.828. The molecule has 0 saturated heterocycles. The summed E-state index contributed by atoms with van der Waals surface area (Å²) in [5, 5.41) is 8.45. The van der Waals surface area contributed by atoms with Gasteiger partial charge in [-0.3, -0.25) is 0 Å². The summed E-state index contributed by atoms with van der Waals surface area (Å²) in [6, 6.07) is 9.90. The largest absolute Gasteiger partial charge is 1.00 e. The Morgan fingerprint density at radius 1 is 1.05 bits per heavy atom. The van der Waals surface area contributed by atoms with Crippen LogP contribution in [0.2, 0.25) is 0 Å². The number of aryl methyl sites for hydroxylation is 1. The van der Waals surface area contributed by atoms with Crippen LogP contribution in [0.15, 0.2) is 46.8 Å². The van der Waals surface area contributed by atoms with Gasteiger partial charge in [0.15, 0.2) is 13.2 Å². The molecule has 0 spiro atoms. The molecule has 0 aliphatic rings. The third-order valence-electron chi connectivity index (χ3n) is 2.88. The highest BCUT2D eigenvalue weighted by atomic mass is 35.5. The lowest BCUT2D eigenvalue weighted by Crippen LogP contribution is -3.00. The van der Waals surface area contributed by atoms with Crippen LogP contribution in [0.3, 0.4) is 0 Å². The predicted octanol–water partition coefficient (Wildman–Crippen LogP) is -0.665. The first kappa shape index (κ1) is 15.2. The zero-order valence-electron chi connectivity index (χ0n) is 11.6. The van der Waals surface area contributed by atoms with Crippen LogP contribution in [-0.2, 0) is 14.1 Å². The van der Waals surface area contributed by atoms with Crippen LogP contribution in [0.4, 0.5) is 17.2 Å². The van der Waals surface area contributed by atoms with Gasteiger partial charge in [-0.1, -0.05) is 0 Å². The lowest BCUT2D eigenvalue weighted by Gasteiger charge is -2.11. The van der Waals surface area contributed by atoms with Crippen LogP contribution >= 0.6 is 0 Å². The van der Waals surface area contributed by atoms with Gasteiger partial charge in [-0.15, -0.1) is 19.6 Å². The van der Waals surface area contributed by atoms with E-state index in [1.807, 2.05) is 74.1 Å². The average molecular weight is 280 g/mol. The van der Waals surface area contributed by atoms with Gasteiger partial charge in [-0.25, -0.2) is 0 Å². The van der Waals surface area contributed by atoms with E-state index in [0.717, 1.165) is 17.2 Å². The molecule has 1 aromatic heterocycles. The fourth-order valence-electron chi connectivity index (χ4n) is 1.57. The Morgan fingerprint density at radius 3 is 2.16 bits per heavy atom. The molecule has 102 valence electrons. The Hall–Kier alpha value is -1.88. The van der Waals surface area contributed by atoms with Crippen molar-refractivity contribution < 1.29 is 17.1 Å². The predicted molar refractivity (Wildman–Crippen MR) is 71.5 cm³/mol. The number of benzene rings is 1. The molecule has 0 unspecified atom stereocenters. The standard InChI is InChI=1S/C13H18N5.ClH/c1-16(2)12-7-5-11(6-8-12)14-15-13-9-10-17(3)18(13)4;/h5-10H,1-4H3;1H/q+1;/p-1. The van der Waals surface area contributed by atoms with Gasteiger partial charge in [0.25, 0.3) is 0 Å². The van der Waals surface area contributed by atoms with E-state index >= 15 is 0 Å². The van der Waals surface area contributed by atoms with E-state index in [1.54, 1.807) is 0 Å². The SMILES string of the molecule is CN(C)c1ccc(N=Nc2cc[n+](C)n2C)cc1.[Cl-]. The molecule has 0 N–H and O–H groups in total. The maximum Gasteiger partial charge on any atom is 0.214 e. The molecule has 0 fully saturated rings. The molecule has 0 radical (unpaired) electrons. The van der Waals surface area contributed by atoms with Gasteiger partial charge in [0.05, 0.1) is 18.8 Å². The number of hydrogen-bond donors (Lipinski definition) is 0. The summed E-state index contributed by atoms with van der Waals surface area (Å²) in [6.07, 6.45) is 1.95. The molecule has 0 bridgehead atoms. The Labute approximate surface area is 119 Å². The van der Waals surface area contributed by atoms with Crippen molar-refractivity contribution >= 4 is 17.2 Å². The number of nitrogens with zero attached hydrogens (tertiary/aromatic N) is 5. The van der Waals surface area contributed by atoms with Crippen molar-refractivity contribution in [3.05, 3.63) is 36.5 Å². The molecule has 2 rings (SSSR count). The van der Waals surface area contributed by atoms with Crippen LogP contribution in [0.5, 0.6) is 0 Å². The van der Waals surface area contributed by atoms with Crippen LogP contribution in [0, 0.1) is 0 Å². The van der Waals surface area contributed by atoms with Crippen molar-refractivity contribution in [1.82, 2.24) is 4.68 Å². The Balaban J connectivity index is 0.00000180. The Bertz CT molecular complexity index is 557. The summed E-state index contributed by atoms with van der Waals surface area (Å²) >= 11 is 0. The van der Waals surface area contributed by atoms with Crippen molar-refractivity contribution in [2.24, 2.45) is 24.3 Å². The zero-order chi connectivity index (χ0) is 13.1. The maximum atomic E-state index is 4.22. The third-order valence-corrected chi connectivity index (χ3v) is 2.88. The van der Waals surface area contributed by atoms with Gasteiger partial charge in [0.1, 0.15) is 0 Å². The Kier molecular flexibility index (Phi) is 5.06. The fourth-order valence-corrected chi connectivity index (χ4v) is 1.57. The highest BCUT2D eigenvalue weighted by Gasteiger charge is 2.05. The zero-order valence-corrected chi connectivity index (χ0v) is 12.3. The molecule has 2 aromatic rings. The number of rotatable bonds is 3. The van der Waals surface area contributed by atoms with Gasteiger partial charge in [0, 0.05) is 19.8 Å². The smallest absolute Gasteiger partial charge is 0.214 e. The van der Waals surface area contributed by atoms with E-state index in [1.165, 1.54) is 0 Å². The Morgan fingerprint density at radius 2 is 1.68 bits per heavy atom. The summed E-state index contributed by atoms with van der Waals surface area (Å²) in [5.41, 5.74) is 2.00. The molecule has 0 aliphatic heterocycles. The van der Waals surface area contributed by atoms with Gasteiger partial charge in [-0.05, 0) is 24.3 Å². The second-order valence-electron chi connectivity index (χ2n) is 4.38. The summed E-state index contributed by atoms with van der Waals surface area (Å²) in [6.45, 7) is 0. The number of hydrogen-bond acceptors (Lipinski definition) is 3. The number of halogens is 1. The minimum absolute atomic E-state index is 0. The number of aromatic nitrogens is 2. The highest BCUT2D eigenvalue weighted by Crippen LogP contribution is 2.20. The maximum absolute atomic E-state index is 4.22. The van der Waals surface area contributed by atoms with Gasteiger partial charge >= 0.3 is 0 Å². The minimum atomic E-state index is 0. The molecule has 1 aromatic carbocycles. The molecular weight excluding hydrogens is 262 g/mol. The van der Waals surface area contributed by atoms with E-state index < -0.39 is 0 Å². The molecule has 0 atom stereocenters. The van der Waals surface area contributed by atoms with E-state index in [0.29, 0.717) is 0 Å². The van der Waals surface area contributed by atoms with Gasteiger partial charge < -0.3 is 17.3 Å². The average Bonchev–Trinajstić information content (AvgIpc) is 2.68. The van der Waals surface area contributed by atoms with Crippen molar-refractivity contribution in [3.8, 4) is 0 Å². The highest BCUT2D eigenvalue weighted by molar-refractivity contribution is 5.51. The van der Waals surface area contributed by atoms with E-state index in [9.17, 15) is 0 Å². The second kappa shape index (κ2) is 6.33. The third kappa shape index (κ3) is 3.54. The first-order chi connectivity index (χ1) is 8.58. The second-order valence-corrected chi connectivity index (χ2v) is 4.38. The monoisotopic (exact) mass is 279 g/mol. The molecule has 0 saturated carbocycles.